The van der Waals surface area contributed by atoms with Gasteiger partial charge in [0.1, 0.15) is 0 Å². The van der Waals surface area contributed by atoms with Gasteiger partial charge < -0.3 is 5.32 Å². The Labute approximate surface area is 129 Å². The minimum Gasteiger partial charge on any atom is -0.322 e. The highest BCUT2D eigenvalue weighted by atomic mass is 79.9. The van der Waals surface area contributed by atoms with Gasteiger partial charge >= 0.3 is 0 Å². The van der Waals surface area contributed by atoms with E-state index in [0.29, 0.717) is 5.69 Å². The van der Waals surface area contributed by atoms with E-state index in [1.54, 1.807) is 12.1 Å². The number of nitrogens with zero attached hydrogens (tertiary/aromatic N) is 1. The number of carbonyl (C=O) groups is 1. The molecule has 0 unspecified atom stereocenters. The summed E-state index contributed by atoms with van der Waals surface area (Å²) in [5.41, 5.74) is 1.20. The Hall–Kier alpha value is -2.47. The topological polar surface area (TPSA) is 72.2 Å². The molecule has 0 atom stereocenters. The molecule has 0 saturated carbocycles. The summed E-state index contributed by atoms with van der Waals surface area (Å²) >= 11 is 3.33. The number of hydrogen-bond acceptors (Lipinski definition) is 3. The van der Waals surface area contributed by atoms with Crippen molar-refractivity contribution in [2.75, 3.05) is 5.32 Å². The van der Waals surface area contributed by atoms with Crippen LogP contribution in [0.25, 0.3) is 6.08 Å². The molecule has 0 aliphatic rings. The maximum Gasteiger partial charge on any atom is 0.271 e. The van der Waals surface area contributed by atoms with Crippen molar-refractivity contribution >= 4 is 39.3 Å². The molecule has 1 N–H and O–H groups in total. The van der Waals surface area contributed by atoms with Gasteiger partial charge in [0.25, 0.3) is 5.69 Å². The lowest BCUT2D eigenvalue weighted by Crippen LogP contribution is -2.07. The summed E-state index contributed by atoms with van der Waals surface area (Å²) in [5, 5.41) is 13.2. The summed E-state index contributed by atoms with van der Waals surface area (Å²) in [6.07, 6.45) is 3.04. The van der Waals surface area contributed by atoms with Gasteiger partial charge in [-0.05, 0) is 29.8 Å². The Morgan fingerprint density at radius 1 is 1.19 bits per heavy atom. The predicted molar refractivity (Wildman–Crippen MR) is 84.9 cm³/mol. The Kier molecular flexibility index (Phi) is 4.84. The normalized spacial score (nSPS) is 10.5. The summed E-state index contributed by atoms with van der Waals surface area (Å²) in [5.74, 6) is -0.349. The van der Waals surface area contributed by atoms with Crippen molar-refractivity contribution in [1.29, 1.82) is 0 Å². The molecule has 0 radical (unpaired) electrons. The van der Waals surface area contributed by atoms with E-state index in [1.807, 2.05) is 24.3 Å². The first kappa shape index (κ1) is 14.9. The second-order valence-corrected chi connectivity index (χ2v) is 5.10. The van der Waals surface area contributed by atoms with Crippen LogP contribution >= 0.6 is 15.9 Å². The fourth-order valence-electron chi connectivity index (χ4n) is 1.63. The molecule has 0 aliphatic heterocycles. The summed E-state index contributed by atoms with van der Waals surface area (Å²) in [6, 6.07) is 13.3. The minimum atomic E-state index is -0.507. The fraction of sp³-hybridized carbons (Fsp3) is 0. The molecule has 2 aromatic rings. The Balaban J connectivity index is 2.03. The molecule has 0 aromatic heterocycles. The molecule has 21 heavy (non-hydrogen) atoms. The predicted octanol–water partition coefficient (Wildman–Crippen LogP) is 4.01. The first-order valence-electron chi connectivity index (χ1n) is 6.04. The maximum atomic E-state index is 11.8. The molecule has 2 rings (SSSR count). The van der Waals surface area contributed by atoms with E-state index in [-0.39, 0.29) is 11.6 Å². The molecule has 2 aromatic carbocycles. The number of nitrogens with one attached hydrogen (secondary N) is 1. The zero-order valence-electron chi connectivity index (χ0n) is 10.8. The standard InChI is InChI=1S/C15H11BrN2O3/c16-12-7-4-11(5-8-12)6-9-15(19)17-13-2-1-3-14(10-13)18(20)21/h1-10H,(H,17,19)/b9-6-. The van der Waals surface area contributed by atoms with E-state index in [1.165, 1.54) is 24.3 Å². The SMILES string of the molecule is O=C(/C=C\c1ccc(Br)cc1)Nc1cccc([N+](=O)[O-])c1. The van der Waals surface area contributed by atoms with Crippen molar-refractivity contribution in [3.05, 3.63) is 74.8 Å². The zero-order chi connectivity index (χ0) is 15.2. The highest BCUT2D eigenvalue weighted by molar-refractivity contribution is 9.10. The van der Waals surface area contributed by atoms with Crippen molar-refractivity contribution < 1.29 is 9.72 Å². The van der Waals surface area contributed by atoms with Gasteiger partial charge in [0.2, 0.25) is 5.91 Å². The quantitative estimate of drug-likeness (QED) is 0.516. The number of hydrogen-bond donors (Lipinski definition) is 1. The summed E-state index contributed by atoms with van der Waals surface area (Å²) in [4.78, 5) is 21.9. The van der Waals surface area contributed by atoms with Crippen LogP contribution in [0.1, 0.15) is 5.56 Å². The van der Waals surface area contributed by atoms with Gasteiger partial charge in [-0.1, -0.05) is 34.1 Å². The minimum absolute atomic E-state index is 0.0651. The number of rotatable bonds is 4. The van der Waals surface area contributed by atoms with Gasteiger partial charge in [-0.25, -0.2) is 0 Å². The van der Waals surface area contributed by atoms with Crippen LogP contribution in [-0.4, -0.2) is 10.8 Å². The molecule has 106 valence electrons. The fourth-order valence-corrected chi connectivity index (χ4v) is 1.89. The molecular formula is C15H11BrN2O3. The lowest BCUT2D eigenvalue weighted by molar-refractivity contribution is -0.384. The second-order valence-electron chi connectivity index (χ2n) is 4.18. The van der Waals surface area contributed by atoms with Crippen LogP contribution in [0, 0.1) is 10.1 Å². The zero-order valence-corrected chi connectivity index (χ0v) is 12.4. The Morgan fingerprint density at radius 3 is 2.57 bits per heavy atom. The Morgan fingerprint density at radius 2 is 1.90 bits per heavy atom. The van der Waals surface area contributed by atoms with Crippen molar-refractivity contribution in [3.63, 3.8) is 0 Å². The molecule has 0 saturated heterocycles. The molecule has 0 bridgehead atoms. The number of non-ortho nitro benzene ring substituents is 1. The van der Waals surface area contributed by atoms with Gasteiger partial charge in [-0.15, -0.1) is 0 Å². The average molecular weight is 347 g/mol. The number of nitro benzene ring substituents is 1. The van der Waals surface area contributed by atoms with Gasteiger partial charge in [-0.3, -0.25) is 14.9 Å². The molecular weight excluding hydrogens is 336 g/mol. The number of nitro groups is 1. The van der Waals surface area contributed by atoms with Crippen LogP contribution in [0.3, 0.4) is 0 Å². The summed E-state index contributed by atoms with van der Waals surface area (Å²) in [6.45, 7) is 0. The molecule has 1 amide bonds. The molecule has 0 heterocycles. The number of anilines is 1. The van der Waals surface area contributed by atoms with Crippen molar-refractivity contribution in [1.82, 2.24) is 0 Å². The summed E-state index contributed by atoms with van der Waals surface area (Å²) in [7, 11) is 0. The first-order valence-corrected chi connectivity index (χ1v) is 6.83. The van der Waals surface area contributed by atoms with Gasteiger partial charge in [0.05, 0.1) is 4.92 Å². The monoisotopic (exact) mass is 346 g/mol. The number of carbonyl (C=O) groups excluding carboxylic acids is 1. The van der Waals surface area contributed by atoms with Crippen LogP contribution in [-0.2, 0) is 4.79 Å². The van der Waals surface area contributed by atoms with Gasteiger partial charge in [0.15, 0.2) is 0 Å². The van der Waals surface area contributed by atoms with Crippen molar-refractivity contribution in [2.24, 2.45) is 0 Å². The molecule has 5 nitrogen and oxygen atoms in total. The van der Waals surface area contributed by atoms with E-state index < -0.39 is 4.92 Å². The third-order valence-electron chi connectivity index (χ3n) is 2.62. The van der Waals surface area contributed by atoms with E-state index in [0.717, 1.165) is 10.0 Å². The van der Waals surface area contributed by atoms with E-state index in [9.17, 15) is 14.9 Å². The van der Waals surface area contributed by atoms with E-state index in [4.69, 9.17) is 0 Å². The first-order chi connectivity index (χ1) is 10.0. The number of benzene rings is 2. The highest BCUT2D eigenvalue weighted by Gasteiger charge is 2.06. The average Bonchev–Trinajstić information content (AvgIpc) is 2.47. The van der Waals surface area contributed by atoms with Crippen LogP contribution in [0.15, 0.2) is 59.1 Å². The lowest BCUT2D eigenvalue weighted by Gasteiger charge is -2.01. The van der Waals surface area contributed by atoms with Crippen LogP contribution in [0.4, 0.5) is 11.4 Å². The second kappa shape index (κ2) is 6.81. The van der Waals surface area contributed by atoms with E-state index >= 15 is 0 Å². The molecule has 0 fully saturated rings. The summed E-state index contributed by atoms with van der Waals surface area (Å²) < 4.78 is 0.959. The third-order valence-corrected chi connectivity index (χ3v) is 3.15. The number of halogens is 1. The van der Waals surface area contributed by atoms with Crippen LogP contribution in [0.2, 0.25) is 0 Å². The van der Waals surface area contributed by atoms with Crippen molar-refractivity contribution in [3.8, 4) is 0 Å². The maximum absolute atomic E-state index is 11.8. The number of amides is 1. The van der Waals surface area contributed by atoms with E-state index in [2.05, 4.69) is 21.2 Å². The molecule has 0 aliphatic carbocycles. The Bertz CT molecular complexity index is 696. The molecule has 0 spiro atoms. The van der Waals surface area contributed by atoms with Crippen molar-refractivity contribution in [2.45, 2.75) is 0 Å². The third kappa shape index (κ3) is 4.54. The van der Waals surface area contributed by atoms with Gasteiger partial charge in [0, 0.05) is 28.4 Å². The van der Waals surface area contributed by atoms with Crippen LogP contribution < -0.4 is 5.32 Å². The van der Waals surface area contributed by atoms with Gasteiger partial charge in [-0.2, -0.15) is 0 Å². The lowest BCUT2D eigenvalue weighted by atomic mass is 10.2. The highest BCUT2D eigenvalue weighted by Crippen LogP contribution is 2.17. The smallest absolute Gasteiger partial charge is 0.271 e. The largest absolute Gasteiger partial charge is 0.322 e. The van der Waals surface area contributed by atoms with Crippen LogP contribution in [0.5, 0.6) is 0 Å². The molecule has 6 heteroatoms.